The Hall–Kier alpha value is -7.37. The van der Waals surface area contributed by atoms with Gasteiger partial charge in [0.05, 0.1) is 48.7 Å². The minimum absolute atomic E-state index is 0.166. The molecule has 22 nitrogen and oxygen atoms in total. The van der Waals surface area contributed by atoms with Crippen molar-refractivity contribution >= 4 is 96.7 Å². The summed E-state index contributed by atoms with van der Waals surface area (Å²) in [5, 5.41) is 11.9. The lowest BCUT2D eigenvalue weighted by molar-refractivity contribution is -0.137. The third kappa shape index (κ3) is 13.3. The zero-order chi connectivity index (χ0) is 54.9. The highest BCUT2D eigenvalue weighted by Gasteiger charge is 2.40. The van der Waals surface area contributed by atoms with Crippen LogP contribution in [0.2, 0.25) is 5.02 Å². The molecular weight excluding hydrogens is 1040 g/mol. The fourth-order valence-corrected chi connectivity index (χ4v) is 11.4. The van der Waals surface area contributed by atoms with Crippen LogP contribution in [-0.4, -0.2) is 150 Å². The Morgan fingerprint density at radius 2 is 1.64 bits per heavy atom. The van der Waals surface area contributed by atoms with Crippen molar-refractivity contribution in [2.45, 2.75) is 96.2 Å². The van der Waals surface area contributed by atoms with Gasteiger partial charge in [-0.2, -0.15) is 4.98 Å². The smallest absolute Gasteiger partial charge is 0.257 e. The Morgan fingerprint density at radius 3 is 2.40 bits per heavy atom. The number of amides is 5. The van der Waals surface area contributed by atoms with Crippen LogP contribution >= 0.6 is 11.6 Å². The normalized spacial score (nSPS) is 17.2. The third-order valence-corrected chi connectivity index (χ3v) is 15.6. The number of aryl methyl sites for hydroxylation is 1. The number of anilines is 6. The minimum atomic E-state index is -3.68. The van der Waals surface area contributed by atoms with Gasteiger partial charge in [0, 0.05) is 100.0 Å². The molecule has 0 aliphatic carbocycles. The molecular formula is C54H66ClN13O9S. The Bertz CT molecular complexity index is 3170. The van der Waals surface area contributed by atoms with Gasteiger partial charge in [0.25, 0.3) is 11.8 Å². The number of fused-ring (bicyclic) bond motifs is 2. The van der Waals surface area contributed by atoms with Crippen LogP contribution in [0, 0.1) is 0 Å². The number of nitrogens with one attached hydrogen (secondary N) is 5. The molecule has 78 heavy (non-hydrogen) atoms. The maximum Gasteiger partial charge on any atom is 0.257 e. The van der Waals surface area contributed by atoms with Crippen molar-refractivity contribution in [1.29, 1.82) is 0 Å². The number of aromatic nitrogens is 4. The highest BCUT2D eigenvalue weighted by Crippen LogP contribution is 2.39. The van der Waals surface area contributed by atoms with E-state index in [2.05, 4.69) is 74.8 Å². The van der Waals surface area contributed by atoms with Gasteiger partial charge in [-0.1, -0.05) is 43.9 Å². The largest absolute Gasteiger partial charge is 0.494 e. The van der Waals surface area contributed by atoms with Crippen molar-refractivity contribution in [3.8, 4) is 11.5 Å². The molecule has 24 heteroatoms. The summed E-state index contributed by atoms with van der Waals surface area (Å²) in [6.07, 6.45) is 13.8. The molecule has 6 heterocycles. The second-order valence-corrected chi connectivity index (χ2v) is 22.1. The molecule has 3 saturated heterocycles. The van der Waals surface area contributed by atoms with Gasteiger partial charge in [-0.25, -0.2) is 13.4 Å². The average Bonchev–Trinajstić information content (AvgIpc) is 3.95. The molecule has 0 saturated carbocycles. The van der Waals surface area contributed by atoms with Gasteiger partial charge in [-0.05, 0) is 74.4 Å². The molecule has 414 valence electrons. The summed E-state index contributed by atoms with van der Waals surface area (Å²) >= 11 is 6.57. The highest BCUT2D eigenvalue weighted by molar-refractivity contribution is 7.92. The van der Waals surface area contributed by atoms with Crippen LogP contribution in [0.5, 0.6) is 11.5 Å². The molecule has 0 spiro atoms. The molecule has 9 rings (SSSR count). The molecule has 4 aliphatic rings. The second kappa shape index (κ2) is 25.0. The lowest BCUT2D eigenvalue weighted by atomic mass is 9.99. The van der Waals surface area contributed by atoms with Crippen molar-refractivity contribution in [1.82, 2.24) is 45.3 Å². The van der Waals surface area contributed by atoms with Gasteiger partial charge in [-0.3, -0.25) is 48.9 Å². The number of piperidine rings is 2. The van der Waals surface area contributed by atoms with Crippen LogP contribution < -0.4 is 40.4 Å². The van der Waals surface area contributed by atoms with Crippen LogP contribution in [0.15, 0.2) is 61.1 Å². The quantitative estimate of drug-likeness (QED) is 0.0398. The Labute approximate surface area is 458 Å². The molecule has 1 unspecified atom stereocenters. The monoisotopic (exact) mass is 1110 g/mol. The van der Waals surface area contributed by atoms with Gasteiger partial charge in [0.15, 0.2) is 12.4 Å². The summed E-state index contributed by atoms with van der Waals surface area (Å²) in [4.78, 5) is 89.1. The van der Waals surface area contributed by atoms with Gasteiger partial charge in [-0.15, -0.1) is 0 Å². The number of rotatable bonds is 22. The number of hydrogen-bond acceptors (Lipinski definition) is 17. The lowest BCUT2D eigenvalue weighted by Gasteiger charge is -2.43. The van der Waals surface area contributed by atoms with Crippen LogP contribution in [-0.2, 0) is 42.2 Å². The van der Waals surface area contributed by atoms with E-state index in [1.165, 1.54) is 23.5 Å². The first-order chi connectivity index (χ1) is 37.7. The number of benzene rings is 3. The van der Waals surface area contributed by atoms with Crippen LogP contribution in [0.4, 0.5) is 34.5 Å². The predicted octanol–water partition coefficient (Wildman–Crippen LogP) is 5.91. The summed E-state index contributed by atoms with van der Waals surface area (Å²) in [6.45, 7) is 7.54. The van der Waals surface area contributed by atoms with Gasteiger partial charge in [0.1, 0.15) is 28.1 Å². The Balaban J connectivity index is 0.670. The number of piperazine rings is 1. The number of hydrogen-bond donors (Lipinski definition) is 5. The summed E-state index contributed by atoms with van der Waals surface area (Å²) in [5.41, 5.74) is 5.41. The zero-order valence-corrected chi connectivity index (χ0v) is 45.7. The number of unbranched alkanes of at least 4 members (excludes halogenated alkanes) is 4. The van der Waals surface area contributed by atoms with Crippen LogP contribution in [0.3, 0.4) is 0 Å². The Morgan fingerprint density at radius 1 is 0.872 bits per heavy atom. The van der Waals surface area contributed by atoms with Gasteiger partial charge < -0.3 is 40.1 Å². The lowest BCUT2D eigenvalue weighted by Crippen LogP contribution is -2.54. The van der Waals surface area contributed by atoms with E-state index in [9.17, 15) is 32.4 Å². The number of ether oxygens (including phenoxy) is 2. The van der Waals surface area contributed by atoms with Crippen LogP contribution in [0.1, 0.15) is 92.6 Å². The first kappa shape index (κ1) is 55.4. The molecule has 5 N–H and O–H groups in total. The van der Waals surface area contributed by atoms with Crippen molar-refractivity contribution in [2.24, 2.45) is 0 Å². The van der Waals surface area contributed by atoms with Crippen LogP contribution in [0.25, 0.3) is 11.0 Å². The first-order valence-electron chi connectivity index (χ1n) is 26.6. The molecule has 2 aromatic heterocycles. The number of methoxy groups -OCH3 is 1. The fraction of sp³-hybridized carbons (Fsp3) is 0.463. The van der Waals surface area contributed by atoms with Crippen molar-refractivity contribution in [2.75, 3.05) is 86.0 Å². The molecule has 4 aliphatic heterocycles. The van der Waals surface area contributed by atoms with E-state index in [-0.39, 0.29) is 72.1 Å². The fourth-order valence-electron chi connectivity index (χ4n) is 10.7. The minimum Gasteiger partial charge on any atom is -0.494 e. The SMILES string of the molecule is CCc1cc(Nc2ncc(Cl)c(Nc3ccc4nccnc4c3NS(C)(=O)=O)n2)c(OC)cc1N1CCC(N2CCN(C(=O)CCCCCCCNC(=O)COc3cccc4c3CN(C3CCC(=O)NC3=O)C4=O)CC2)CC1. The maximum absolute atomic E-state index is 13.2. The average molecular weight is 1110 g/mol. The van der Waals surface area contributed by atoms with Gasteiger partial charge in [0.2, 0.25) is 33.7 Å². The van der Waals surface area contributed by atoms with E-state index in [0.29, 0.717) is 64.0 Å². The van der Waals surface area contributed by atoms with E-state index < -0.39 is 22.0 Å². The summed E-state index contributed by atoms with van der Waals surface area (Å²) in [7, 11) is -2.06. The number of nitrogens with zero attached hydrogens (tertiary/aromatic N) is 8. The molecule has 5 amide bonds. The number of carbonyl (C=O) groups excluding carboxylic acids is 5. The molecule has 5 aromatic rings. The highest BCUT2D eigenvalue weighted by atomic mass is 35.5. The summed E-state index contributed by atoms with van der Waals surface area (Å²) in [5.74, 6) is 0.338. The number of sulfonamides is 1. The van der Waals surface area contributed by atoms with E-state index >= 15 is 0 Å². The topological polar surface area (TPSA) is 263 Å². The molecule has 3 fully saturated rings. The van der Waals surface area contributed by atoms with E-state index in [1.807, 2.05) is 4.90 Å². The molecule has 0 bridgehead atoms. The van der Waals surface area contributed by atoms with Crippen molar-refractivity contribution in [3.05, 3.63) is 82.8 Å². The van der Waals surface area contributed by atoms with Crippen molar-refractivity contribution < 1.29 is 41.9 Å². The van der Waals surface area contributed by atoms with E-state index in [4.69, 9.17) is 21.1 Å². The number of carbonyl (C=O) groups is 5. The summed E-state index contributed by atoms with van der Waals surface area (Å²) in [6, 6.07) is 12.3. The second-order valence-electron chi connectivity index (χ2n) is 19.9. The Kier molecular flexibility index (Phi) is 17.7. The third-order valence-electron chi connectivity index (χ3n) is 14.7. The van der Waals surface area contributed by atoms with E-state index in [0.717, 1.165) is 108 Å². The zero-order valence-electron chi connectivity index (χ0n) is 44.1. The van der Waals surface area contributed by atoms with Gasteiger partial charge >= 0.3 is 0 Å². The summed E-state index contributed by atoms with van der Waals surface area (Å²) < 4.78 is 39.0. The molecule has 1 atom stereocenters. The standard InChI is InChI=1S/C54H66ClN13O9S/c1-4-34-29-41(61-54-59-31-38(55)51(63-54)60-40-15-14-39-49(58-22-21-56-39)50(40)64-78(3,74)75)45(76-2)30-43(34)66-23-18-35(19-24-66)65-25-27-67(28-26-65)48(71)13-8-6-5-7-9-20-57-47(70)33-77-44-12-10-11-36-37(44)32-68(53(36)73)42-16-17-46(69)62-52(42)72/h10-12,14-15,21-22,29-31,35,42,64H,4-9,13,16-20,23-28,32-33H2,1-3H3,(H,57,70)(H,62,69,72)(H2,59,60,61,63). The van der Waals surface area contributed by atoms with Crippen molar-refractivity contribution in [3.63, 3.8) is 0 Å². The predicted molar refractivity (Wildman–Crippen MR) is 296 cm³/mol. The van der Waals surface area contributed by atoms with E-state index in [1.54, 1.807) is 37.4 Å². The molecule has 3 aromatic carbocycles. The molecule has 0 radical (unpaired) electrons. The number of imide groups is 1. The maximum atomic E-state index is 13.2. The first-order valence-corrected chi connectivity index (χ1v) is 28.8. The number of halogens is 1.